The molecule has 0 unspecified atom stereocenters. The van der Waals surface area contributed by atoms with Crippen molar-refractivity contribution in [3.8, 4) is 0 Å². The van der Waals surface area contributed by atoms with Gasteiger partial charge in [-0.3, -0.25) is 0 Å². The minimum atomic E-state index is -2.89. The molecule has 0 bridgehead atoms. The van der Waals surface area contributed by atoms with Gasteiger partial charge in [0.15, 0.2) is 15.0 Å². The Balaban J connectivity index is 2.17. The van der Waals surface area contributed by atoms with E-state index < -0.39 is 9.84 Å². The van der Waals surface area contributed by atoms with Crippen LogP contribution >= 0.6 is 11.3 Å². The fourth-order valence-corrected chi connectivity index (χ4v) is 4.48. The van der Waals surface area contributed by atoms with Gasteiger partial charge in [0, 0.05) is 13.1 Å². The van der Waals surface area contributed by atoms with Crippen molar-refractivity contribution in [3.63, 3.8) is 0 Å². The van der Waals surface area contributed by atoms with Crippen LogP contribution in [0, 0.1) is 0 Å². The Hall–Kier alpha value is -0.660. The first-order valence-corrected chi connectivity index (χ1v) is 9.24. The first-order valence-electron chi connectivity index (χ1n) is 6.60. The molecule has 1 saturated heterocycles. The SMILES string of the molecule is CCCc1nc(N2CCCS(=O)(=O)CC2)sc1CO. The highest BCUT2D eigenvalue weighted by Crippen LogP contribution is 2.28. The lowest BCUT2D eigenvalue weighted by atomic mass is 10.2. The molecular weight excluding hydrogens is 284 g/mol. The molecule has 2 heterocycles. The summed E-state index contributed by atoms with van der Waals surface area (Å²) in [7, 11) is -2.89. The molecular formula is C12H20N2O3S2. The summed E-state index contributed by atoms with van der Waals surface area (Å²) in [5.74, 6) is 0.466. The molecule has 1 fully saturated rings. The van der Waals surface area contributed by atoms with E-state index in [1.54, 1.807) is 0 Å². The van der Waals surface area contributed by atoms with Crippen molar-refractivity contribution >= 4 is 26.3 Å². The molecule has 108 valence electrons. The van der Waals surface area contributed by atoms with Crippen LogP contribution in [-0.4, -0.2) is 43.1 Å². The van der Waals surface area contributed by atoms with Crippen molar-refractivity contribution in [1.29, 1.82) is 0 Å². The minimum Gasteiger partial charge on any atom is -0.391 e. The normalized spacial score (nSPS) is 19.4. The average Bonchev–Trinajstić information content (AvgIpc) is 2.67. The van der Waals surface area contributed by atoms with Gasteiger partial charge < -0.3 is 10.0 Å². The largest absolute Gasteiger partial charge is 0.391 e. The smallest absolute Gasteiger partial charge is 0.185 e. The lowest BCUT2D eigenvalue weighted by Gasteiger charge is -2.17. The van der Waals surface area contributed by atoms with E-state index in [-0.39, 0.29) is 18.1 Å². The quantitative estimate of drug-likeness (QED) is 0.905. The zero-order chi connectivity index (χ0) is 13.9. The number of aliphatic hydroxyl groups excluding tert-OH is 1. The van der Waals surface area contributed by atoms with E-state index >= 15 is 0 Å². The van der Waals surface area contributed by atoms with Gasteiger partial charge in [0.2, 0.25) is 0 Å². The molecule has 1 aliphatic rings. The topological polar surface area (TPSA) is 70.5 Å². The van der Waals surface area contributed by atoms with E-state index in [0.29, 0.717) is 13.0 Å². The second-order valence-corrected chi connectivity index (χ2v) is 8.13. The molecule has 1 N–H and O–H groups in total. The Morgan fingerprint density at radius 1 is 1.37 bits per heavy atom. The molecule has 0 atom stereocenters. The highest BCUT2D eigenvalue weighted by molar-refractivity contribution is 7.91. The van der Waals surface area contributed by atoms with Crippen LogP contribution in [0.3, 0.4) is 0 Å². The van der Waals surface area contributed by atoms with Gasteiger partial charge in [-0.2, -0.15) is 0 Å². The van der Waals surface area contributed by atoms with Crippen LogP contribution < -0.4 is 4.90 Å². The number of anilines is 1. The molecule has 0 aliphatic carbocycles. The Kier molecular flexibility index (Phi) is 4.81. The Bertz CT molecular complexity index is 525. The summed E-state index contributed by atoms with van der Waals surface area (Å²) >= 11 is 1.49. The highest BCUT2D eigenvalue weighted by Gasteiger charge is 2.22. The number of sulfone groups is 1. The first kappa shape index (κ1) is 14.7. The number of aromatic nitrogens is 1. The predicted octanol–water partition coefficient (Wildman–Crippen LogP) is 1.21. The van der Waals surface area contributed by atoms with Crippen LogP contribution in [0.1, 0.15) is 30.3 Å². The van der Waals surface area contributed by atoms with Gasteiger partial charge in [-0.25, -0.2) is 13.4 Å². The fraction of sp³-hybridized carbons (Fsp3) is 0.750. The number of nitrogens with zero attached hydrogens (tertiary/aromatic N) is 2. The molecule has 19 heavy (non-hydrogen) atoms. The maximum atomic E-state index is 11.6. The lowest BCUT2D eigenvalue weighted by Crippen LogP contribution is -2.26. The first-order chi connectivity index (χ1) is 9.05. The summed E-state index contributed by atoms with van der Waals surface area (Å²) in [5.41, 5.74) is 0.956. The highest BCUT2D eigenvalue weighted by atomic mass is 32.2. The van der Waals surface area contributed by atoms with E-state index in [0.717, 1.165) is 35.1 Å². The van der Waals surface area contributed by atoms with Crippen molar-refractivity contribution in [2.45, 2.75) is 32.8 Å². The summed E-state index contributed by atoms with van der Waals surface area (Å²) < 4.78 is 23.2. The van der Waals surface area contributed by atoms with E-state index in [4.69, 9.17) is 0 Å². The van der Waals surface area contributed by atoms with Crippen molar-refractivity contribution in [2.24, 2.45) is 0 Å². The third-order valence-corrected chi connectivity index (χ3v) is 6.08. The summed E-state index contributed by atoms with van der Waals surface area (Å²) in [5, 5.41) is 10.2. The van der Waals surface area contributed by atoms with Gasteiger partial charge in [-0.1, -0.05) is 24.7 Å². The van der Waals surface area contributed by atoms with E-state index in [2.05, 4.69) is 11.9 Å². The third-order valence-electron chi connectivity index (χ3n) is 3.22. The van der Waals surface area contributed by atoms with Gasteiger partial charge in [0.05, 0.1) is 28.7 Å². The van der Waals surface area contributed by atoms with Crippen LogP contribution in [-0.2, 0) is 22.9 Å². The second kappa shape index (κ2) is 6.19. The molecule has 1 aromatic heterocycles. The molecule has 5 nitrogen and oxygen atoms in total. The average molecular weight is 304 g/mol. The fourth-order valence-electron chi connectivity index (χ4n) is 2.19. The number of hydrogen-bond acceptors (Lipinski definition) is 6. The number of rotatable bonds is 4. The van der Waals surface area contributed by atoms with Crippen molar-refractivity contribution in [3.05, 3.63) is 10.6 Å². The Morgan fingerprint density at radius 3 is 2.84 bits per heavy atom. The van der Waals surface area contributed by atoms with E-state index in [1.807, 2.05) is 4.90 Å². The minimum absolute atomic E-state index is 0.0130. The monoisotopic (exact) mass is 304 g/mol. The predicted molar refractivity (Wildman–Crippen MR) is 77.5 cm³/mol. The maximum absolute atomic E-state index is 11.6. The summed E-state index contributed by atoms with van der Waals surface area (Å²) in [6, 6.07) is 0. The van der Waals surface area contributed by atoms with Crippen LogP contribution in [0.15, 0.2) is 0 Å². The third kappa shape index (κ3) is 3.67. The van der Waals surface area contributed by atoms with Gasteiger partial charge in [0.1, 0.15) is 0 Å². The Labute approximate surface area is 118 Å². The van der Waals surface area contributed by atoms with Gasteiger partial charge in [-0.05, 0) is 12.8 Å². The molecule has 0 aromatic carbocycles. The van der Waals surface area contributed by atoms with Gasteiger partial charge >= 0.3 is 0 Å². The van der Waals surface area contributed by atoms with Crippen LogP contribution in [0.4, 0.5) is 5.13 Å². The number of thiazole rings is 1. The van der Waals surface area contributed by atoms with E-state index in [1.165, 1.54) is 11.3 Å². The summed E-state index contributed by atoms with van der Waals surface area (Å²) in [6.07, 6.45) is 2.50. The molecule has 0 radical (unpaired) electrons. The maximum Gasteiger partial charge on any atom is 0.185 e. The molecule has 7 heteroatoms. The van der Waals surface area contributed by atoms with Crippen LogP contribution in [0.2, 0.25) is 0 Å². The number of aliphatic hydroxyl groups is 1. The van der Waals surface area contributed by atoms with Crippen molar-refractivity contribution in [1.82, 2.24) is 4.98 Å². The molecule has 1 aromatic rings. The molecule has 1 aliphatic heterocycles. The van der Waals surface area contributed by atoms with Gasteiger partial charge in [0.25, 0.3) is 0 Å². The van der Waals surface area contributed by atoms with E-state index in [9.17, 15) is 13.5 Å². The van der Waals surface area contributed by atoms with Crippen molar-refractivity contribution in [2.75, 3.05) is 29.5 Å². The molecule has 0 amide bonds. The van der Waals surface area contributed by atoms with Crippen molar-refractivity contribution < 1.29 is 13.5 Å². The lowest BCUT2D eigenvalue weighted by molar-refractivity contribution is 0.284. The molecule has 0 saturated carbocycles. The zero-order valence-electron chi connectivity index (χ0n) is 11.1. The number of hydrogen-bond donors (Lipinski definition) is 1. The van der Waals surface area contributed by atoms with Crippen LogP contribution in [0.5, 0.6) is 0 Å². The number of aryl methyl sites for hydroxylation is 1. The molecule has 0 spiro atoms. The summed E-state index contributed by atoms with van der Waals surface area (Å²) in [6.45, 7) is 3.33. The second-order valence-electron chi connectivity index (χ2n) is 4.77. The summed E-state index contributed by atoms with van der Waals surface area (Å²) in [4.78, 5) is 7.52. The zero-order valence-corrected chi connectivity index (χ0v) is 12.8. The molecule has 2 rings (SSSR count). The van der Waals surface area contributed by atoms with Gasteiger partial charge in [-0.15, -0.1) is 0 Å². The standard InChI is InChI=1S/C12H20N2O3S2/c1-2-4-10-11(9-15)18-12(13-10)14-5-3-7-19(16,17)8-6-14/h15H,2-9H2,1H3. The van der Waals surface area contributed by atoms with Crippen LogP contribution in [0.25, 0.3) is 0 Å². The Morgan fingerprint density at radius 2 is 2.16 bits per heavy atom.